The maximum atomic E-state index is 4.51. The van der Waals surface area contributed by atoms with Crippen LogP contribution in [0, 0.1) is 19.8 Å². The molecule has 1 atom stereocenters. The number of aryl methyl sites for hydroxylation is 2. The fourth-order valence-electron chi connectivity index (χ4n) is 2.39. The number of aliphatic imine (C=N–C) groups is 1. The molecule has 24 heavy (non-hydrogen) atoms. The minimum Gasteiger partial charge on any atom is -0.356 e. The number of nitrogens with zero attached hydrogens (tertiary/aromatic N) is 4. The summed E-state index contributed by atoms with van der Waals surface area (Å²) in [6.45, 7) is 8.70. The Kier molecular flexibility index (Phi) is 8.73. The lowest BCUT2D eigenvalue weighted by Crippen LogP contribution is -2.39. The molecule has 0 aliphatic heterocycles. The molecular formula is C17H27IN6. The first-order valence-electron chi connectivity index (χ1n) is 7.94. The van der Waals surface area contributed by atoms with E-state index in [1.165, 1.54) is 5.69 Å². The molecule has 0 saturated carbocycles. The monoisotopic (exact) mass is 442 g/mol. The highest BCUT2D eigenvalue weighted by Crippen LogP contribution is 2.05. The second-order valence-electron chi connectivity index (χ2n) is 5.84. The van der Waals surface area contributed by atoms with Crippen molar-refractivity contribution in [3.63, 3.8) is 0 Å². The lowest BCUT2D eigenvalue weighted by Gasteiger charge is -2.16. The number of halogens is 1. The van der Waals surface area contributed by atoms with Gasteiger partial charge in [-0.1, -0.05) is 13.0 Å². The van der Waals surface area contributed by atoms with E-state index in [-0.39, 0.29) is 24.0 Å². The Labute approximate surface area is 161 Å². The molecule has 132 valence electrons. The molecule has 6 nitrogen and oxygen atoms in total. The SMILES string of the molecule is CN=C(NCc1ccccn1)NCC(C)Cn1nc(C)cc1C.I. The highest BCUT2D eigenvalue weighted by Gasteiger charge is 2.08. The van der Waals surface area contributed by atoms with E-state index in [2.05, 4.69) is 50.3 Å². The van der Waals surface area contributed by atoms with Crippen molar-refractivity contribution >= 4 is 29.9 Å². The number of pyridine rings is 1. The third-order valence-corrected chi connectivity index (χ3v) is 3.59. The molecule has 0 aromatic carbocycles. The minimum absolute atomic E-state index is 0. The zero-order valence-electron chi connectivity index (χ0n) is 14.8. The molecule has 0 bridgehead atoms. The van der Waals surface area contributed by atoms with Crippen molar-refractivity contribution in [2.45, 2.75) is 33.9 Å². The van der Waals surface area contributed by atoms with Gasteiger partial charge in [0, 0.05) is 32.0 Å². The van der Waals surface area contributed by atoms with Gasteiger partial charge in [-0.15, -0.1) is 24.0 Å². The van der Waals surface area contributed by atoms with E-state index in [1.807, 2.05) is 25.1 Å². The van der Waals surface area contributed by atoms with Crippen molar-refractivity contribution in [1.29, 1.82) is 0 Å². The van der Waals surface area contributed by atoms with Crippen LogP contribution in [-0.4, -0.2) is 34.3 Å². The Balaban J connectivity index is 0.00000288. The van der Waals surface area contributed by atoms with Crippen molar-refractivity contribution in [3.8, 4) is 0 Å². The number of hydrogen-bond acceptors (Lipinski definition) is 3. The summed E-state index contributed by atoms with van der Waals surface area (Å²) in [4.78, 5) is 8.54. The molecule has 0 radical (unpaired) electrons. The Bertz CT molecular complexity index is 638. The summed E-state index contributed by atoms with van der Waals surface area (Å²) in [5.41, 5.74) is 3.26. The summed E-state index contributed by atoms with van der Waals surface area (Å²) in [5.74, 6) is 1.23. The van der Waals surface area contributed by atoms with Crippen LogP contribution in [0.4, 0.5) is 0 Å². The van der Waals surface area contributed by atoms with Crippen molar-refractivity contribution in [2.75, 3.05) is 13.6 Å². The van der Waals surface area contributed by atoms with Crippen LogP contribution < -0.4 is 10.6 Å². The standard InChI is InChI=1S/C17H26N6.HI/c1-13(12-23-15(3)9-14(2)22-23)10-20-17(18-4)21-11-16-7-5-6-8-19-16;/h5-9,13H,10-12H2,1-4H3,(H2,18,20,21);1H. The van der Waals surface area contributed by atoms with Gasteiger partial charge >= 0.3 is 0 Å². The average Bonchev–Trinajstić information content (AvgIpc) is 2.86. The molecule has 7 heteroatoms. The summed E-state index contributed by atoms with van der Waals surface area (Å²) >= 11 is 0. The van der Waals surface area contributed by atoms with Gasteiger partial charge in [0.15, 0.2) is 5.96 Å². The zero-order valence-corrected chi connectivity index (χ0v) is 17.1. The maximum absolute atomic E-state index is 4.51. The molecule has 2 N–H and O–H groups in total. The van der Waals surface area contributed by atoms with E-state index in [0.29, 0.717) is 12.5 Å². The van der Waals surface area contributed by atoms with Crippen LogP contribution in [0.15, 0.2) is 35.5 Å². The van der Waals surface area contributed by atoms with Crippen LogP contribution in [-0.2, 0) is 13.1 Å². The van der Waals surface area contributed by atoms with Gasteiger partial charge in [0.2, 0.25) is 0 Å². The Morgan fingerprint density at radius 2 is 2.08 bits per heavy atom. The number of guanidine groups is 1. The average molecular weight is 442 g/mol. The first-order valence-corrected chi connectivity index (χ1v) is 7.94. The van der Waals surface area contributed by atoms with Gasteiger partial charge in [-0.25, -0.2) is 0 Å². The fraction of sp³-hybridized carbons (Fsp3) is 0.471. The van der Waals surface area contributed by atoms with Gasteiger partial charge in [0.1, 0.15) is 0 Å². The summed E-state index contributed by atoms with van der Waals surface area (Å²) < 4.78 is 2.06. The van der Waals surface area contributed by atoms with Gasteiger partial charge < -0.3 is 10.6 Å². The van der Waals surface area contributed by atoms with E-state index in [0.717, 1.165) is 30.4 Å². The van der Waals surface area contributed by atoms with Crippen molar-refractivity contribution in [1.82, 2.24) is 25.4 Å². The number of hydrogen-bond donors (Lipinski definition) is 2. The third kappa shape index (κ3) is 6.46. The van der Waals surface area contributed by atoms with Gasteiger partial charge in [-0.3, -0.25) is 14.7 Å². The van der Waals surface area contributed by atoms with Crippen LogP contribution in [0.25, 0.3) is 0 Å². The van der Waals surface area contributed by atoms with E-state index in [4.69, 9.17) is 0 Å². The number of aromatic nitrogens is 3. The zero-order chi connectivity index (χ0) is 16.7. The molecule has 2 aromatic heterocycles. The summed E-state index contributed by atoms with van der Waals surface area (Å²) in [7, 11) is 1.78. The summed E-state index contributed by atoms with van der Waals surface area (Å²) in [6, 6.07) is 7.99. The van der Waals surface area contributed by atoms with Crippen LogP contribution in [0.1, 0.15) is 24.0 Å². The topological polar surface area (TPSA) is 67.1 Å². The summed E-state index contributed by atoms with van der Waals surface area (Å²) in [6.07, 6.45) is 1.80. The largest absolute Gasteiger partial charge is 0.356 e. The first kappa shape index (κ1) is 20.4. The van der Waals surface area contributed by atoms with Crippen LogP contribution in [0.2, 0.25) is 0 Å². The molecule has 0 saturated heterocycles. The van der Waals surface area contributed by atoms with Crippen molar-refractivity contribution in [2.24, 2.45) is 10.9 Å². The van der Waals surface area contributed by atoms with Gasteiger partial charge in [0.05, 0.1) is 17.9 Å². The highest BCUT2D eigenvalue weighted by atomic mass is 127. The highest BCUT2D eigenvalue weighted by molar-refractivity contribution is 14.0. The molecule has 0 aliphatic rings. The number of rotatable bonds is 6. The van der Waals surface area contributed by atoms with E-state index in [9.17, 15) is 0 Å². The summed E-state index contributed by atoms with van der Waals surface area (Å²) in [5, 5.41) is 11.1. The van der Waals surface area contributed by atoms with Crippen molar-refractivity contribution in [3.05, 3.63) is 47.5 Å². The van der Waals surface area contributed by atoms with Crippen LogP contribution >= 0.6 is 24.0 Å². The van der Waals surface area contributed by atoms with Crippen molar-refractivity contribution < 1.29 is 0 Å². The van der Waals surface area contributed by atoms with Crippen LogP contribution in [0.3, 0.4) is 0 Å². The van der Waals surface area contributed by atoms with Gasteiger partial charge in [-0.2, -0.15) is 5.10 Å². The molecule has 2 aromatic rings. The Morgan fingerprint density at radius 1 is 1.29 bits per heavy atom. The molecule has 2 heterocycles. The fourth-order valence-corrected chi connectivity index (χ4v) is 2.39. The molecule has 1 unspecified atom stereocenters. The molecular weight excluding hydrogens is 415 g/mol. The Morgan fingerprint density at radius 3 is 2.67 bits per heavy atom. The molecule has 0 amide bonds. The Hall–Kier alpha value is -1.64. The third-order valence-electron chi connectivity index (χ3n) is 3.59. The molecule has 0 spiro atoms. The smallest absolute Gasteiger partial charge is 0.191 e. The lowest BCUT2D eigenvalue weighted by atomic mass is 10.2. The second kappa shape index (κ2) is 10.3. The van der Waals surface area contributed by atoms with E-state index >= 15 is 0 Å². The maximum Gasteiger partial charge on any atom is 0.191 e. The number of nitrogens with one attached hydrogen (secondary N) is 2. The van der Waals surface area contributed by atoms with E-state index < -0.39 is 0 Å². The predicted molar refractivity (Wildman–Crippen MR) is 109 cm³/mol. The lowest BCUT2D eigenvalue weighted by molar-refractivity contribution is 0.436. The quantitative estimate of drug-likeness (QED) is 0.410. The molecule has 0 aliphatic carbocycles. The predicted octanol–water partition coefficient (Wildman–Crippen LogP) is 2.51. The minimum atomic E-state index is 0. The normalized spacial score (nSPS) is 12.4. The second-order valence-corrected chi connectivity index (χ2v) is 5.84. The first-order chi connectivity index (χ1) is 11.1. The molecule has 2 rings (SSSR count). The van der Waals surface area contributed by atoms with Crippen LogP contribution in [0.5, 0.6) is 0 Å². The van der Waals surface area contributed by atoms with E-state index in [1.54, 1.807) is 13.2 Å². The van der Waals surface area contributed by atoms with Gasteiger partial charge in [-0.05, 0) is 38.0 Å². The molecule has 0 fully saturated rings. The van der Waals surface area contributed by atoms with Gasteiger partial charge in [0.25, 0.3) is 0 Å².